The first kappa shape index (κ1) is 24.4. The van der Waals surface area contributed by atoms with Crippen molar-refractivity contribution in [3.8, 4) is 0 Å². The molecule has 3 N–H and O–H groups in total. The van der Waals surface area contributed by atoms with Gasteiger partial charge in [0.05, 0.1) is 23.8 Å². The van der Waals surface area contributed by atoms with Gasteiger partial charge in [-0.3, -0.25) is 8.98 Å². The molecule has 2 aromatic carbocycles. The van der Waals surface area contributed by atoms with Crippen LogP contribution in [0.4, 0.5) is 0 Å². The summed E-state index contributed by atoms with van der Waals surface area (Å²) in [6.45, 7) is 0.857. The van der Waals surface area contributed by atoms with Gasteiger partial charge in [-0.15, -0.1) is 0 Å². The van der Waals surface area contributed by atoms with Gasteiger partial charge >= 0.3 is 22.2 Å². The maximum absolute atomic E-state index is 12.7. The summed E-state index contributed by atoms with van der Waals surface area (Å²) in [5.74, 6) is -2.53. The summed E-state index contributed by atoms with van der Waals surface area (Å²) in [5.41, 5.74) is 0.510. The van der Waals surface area contributed by atoms with Gasteiger partial charge in [0, 0.05) is 12.8 Å². The number of nitrogens with two attached hydrogens (primary N) is 1. The molecule has 1 fully saturated rings. The number of ether oxygens (including phenoxy) is 2. The van der Waals surface area contributed by atoms with Crippen LogP contribution in [0.1, 0.15) is 34.1 Å². The van der Waals surface area contributed by atoms with Gasteiger partial charge in [0.1, 0.15) is 6.10 Å². The highest BCUT2D eigenvalue weighted by Gasteiger charge is 2.49. The molecular weight excluding hydrogens is 452 g/mol. The van der Waals surface area contributed by atoms with E-state index in [0.29, 0.717) is 0 Å². The SMILES string of the molecule is CC(=O)N[C@@H]1C[C@H](COS(N)(=O)=O)[C@@H](OC(=O)c2ccccc2)[C@H]1OC(=O)c1ccccc1. The molecule has 0 aromatic heterocycles. The minimum absolute atomic E-state index is 0.120. The van der Waals surface area contributed by atoms with Gasteiger partial charge in [0.25, 0.3) is 0 Å². The first-order valence-electron chi connectivity index (χ1n) is 10.1. The molecular formula is C22H24N2O8S. The van der Waals surface area contributed by atoms with Crippen molar-refractivity contribution in [1.82, 2.24) is 5.32 Å². The van der Waals surface area contributed by atoms with E-state index in [1.165, 1.54) is 6.92 Å². The number of benzene rings is 2. The van der Waals surface area contributed by atoms with E-state index in [4.69, 9.17) is 18.8 Å². The summed E-state index contributed by atoms with van der Waals surface area (Å²) in [7, 11) is -4.28. The van der Waals surface area contributed by atoms with Crippen LogP contribution in [0, 0.1) is 5.92 Å². The van der Waals surface area contributed by atoms with Crippen LogP contribution < -0.4 is 10.5 Å². The highest BCUT2D eigenvalue weighted by Crippen LogP contribution is 2.33. The van der Waals surface area contributed by atoms with Crippen LogP contribution in [-0.4, -0.2) is 51.1 Å². The molecule has 2 aromatic rings. The summed E-state index contributed by atoms with van der Waals surface area (Å²) in [6, 6.07) is 15.5. The van der Waals surface area contributed by atoms with Crippen molar-refractivity contribution in [1.29, 1.82) is 0 Å². The Morgan fingerprint density at radius 2 is 1.39 bits per heavy atom. The summed E-state index contributed by atoms with van der Waals surface area (Å²) >= 11 is 0. The minimum Gasteiger partial charge on any atom is -0.454 e. The Bertz CT molecular complexity index is 1090. The predicted molar refractivity (Wildman–Crippen MR) is 116 cm³/mol. The minimum atomic E-state index is -4.28. The number of nitrogens with one attached hydrogen (secondary N) is 1. The zero-order valence-electron chi connectivity index (χ0n) is 17.7. The van der Waals surface area contributed by atoms with E-state index >= 15 is 0 Å². The lowest BCUT2D eigenvalue weighted by atomic mass is 10.1. The van der Waals surface area contributed by atoms with Crippen molar-refractivity contribution in [2.45, 2.75) is 31.6 Å². The third-order valence-electron chi connectivity index (χ3n) is 5.08. The van der Waals surface area contributed by atoms with Crippen molar-refractivity contribution in [2.75, 3.05) is 6.61 Å². The van der Waals surface area contributed by atoms with Gasteiger partial charge < -0.3 is 14.8 Å². The van der Waals surface area contributed by atoms with Gasteiger partial charge in [-0.2, -0.15) is 8.42 Å². The highest BCUT2D eigenvalue weighted by molar-refractivity contribution is 7.84. The third kappa shape index (κ3) is 6.85. The van der Waals surface area contributed by atoms with Crippen LogP contribution >= 0.6 is 0 Å². The van der Waals surface area contributed by atoms with E-state index in [9.17, 15) is 22.8 Å². The molecule has 4 atom stereocenters. The molecule has 0 radical (unpaired) electrons. The summed E-state index contributed by atoms with van der Waals surface area (Å²) < 4.78 is 38.7. The Kier molecular flexibility index (Phi) is 7.79. The molecule has 0 heterocycles. The Morgan fingerprint density at radius 3 is 1.85 bits per heavy atom. The fraction of sp³-hybridized carbons (Fsp3) is 0.318. The fourth-order valence-corrected chi connectivity index (χ4v) is 4.05. The number of hydrogen-bond donors (Lipinski definition) is 2. The molecule has 176 valence electrons. The van der Waals surface area contributed by atoms with Gasteiger partial charge in [-0.25, -0.2) is 14.7 Å². The summed E-state index contributed by atoms with van der Waals surface area (Å²) in [5, 5.41) is 7.62. The Morgan fingerprint density at radius 1 is 0.909 bits per heavy atom. The average Bonchev–Trinajstić information content (AvgIpc) is 3.08. The molecule has 11 heteroatoms. The molecule has 1 aliphatic rings. The second kappa shape index (κ2) is 10.6. The smallest absolute Gasteiger partial charge is 0.338 e. The molecule has 0 bridgehead atoms. The number of hydrogen-bond acceptors (Lipinski definition) is 8. The monoisotopic (exact) mass is 476 g/mol. The summed E-state index contributed by atoms with van der Waals surface area (Å²) in [4.78, 5) is 37.2. The fourth-order valence-electron chi connectivity index (χ4n) is 3.68. The maximum Gasteiger partial charge on any atom is 0.338 e. The molecule has 1 amide bonds. The lowest BCUT2D eigenvalue weighted by molar-refractivity contribution is -0.120. The van der Waals surface area contributed by atoms with Gasteiger partial charge in [-0.1, -0.05) is 36.4 Å². The molecule has 1 aliphatic carbocycles. The van der Waals surface area contributed by atoms with E-state index in [1.54, 1.807) is 60.7 Å². The highest BCUT2D eigenvalue weighted by atomic mass is 32.2. The molecule has 0 spiro atoms. The third-order valence-corrected chi connectivity index (χ3v) is 5.55. The lowest BCUT2D eigenvalue weighted by Gasteiger charge is -2.27. The van der Waals surface area contributed by atoms with Gasteiger partial charge in [-0.05, 0) is 30.7 Å². The average molecular weight is 477 g/mol. The van der Waals surface area contributed by atoms with E-state index in [2.05, 4.69) is 5.32 Å². The van der Waals surface area contributed by atoms with E-state index in [1.807, 2.05) is 0 Å². The van der Waals surface area contributed by atoms with Crippen molar-refractivity contribution < 1.29 is 36.5 Å². The van der Waals surface area contributed by atoms with Gasteiger partial charge in [0.2, 0.25) is 5.91 Å². The largest absolute Gasteiger partial charge is 0.454 e. The second-order valence-electron chi connectivity index (χ2n) is 7.55. The quantitative estimate of drug-likeness (QED) is 0.539. The molecule has 1 saturated carbocycles. The van der Waals surface area contributed by atoms with Crippen LogP contribution in [0.5, 0.6) is 0 Å². The molecule has 0 saturated heterocycles. The van der Waals surface area contributed by atoms with Crippen LogP contribution in [0.25, 0.3) is 0 Å². The number of esters is 2. The Balaban J connectivity index is 1.90. The van der Waals surface area contributed by atoms with Crippen LogP contribution in [0.2, 0.25) is 0 Å². The van der Waals surface area contributed by atoms with Crippen LogP contribution in [0.3, 0.4) is 0 Å². The van der Waals surface area contributed by atoms with Crippen LogP contribution in [0.15, 0.2) is 60.7 Å². The van der Waals surface area contributed by atoms with Crippen LogP contribution in [-0.2, 0) is 28.8 Å². The normalized spacial score (nSPS) is 22.4. The number of rotatable bonds is 8. The van der Waals surface area contributed by atoms with Crippen molar-refractivity contribution in [2.24, 2.45) is 11.1 Å². The summed E-state index contributed by atoms with van der Waals surface area (Å²) in [6.07, 6.45) is -2.08. The molecule has 10 nitrogen and oxygen atoms in total. The predicted octanol–water partition coefficient (Wildman–Crippen LogP) is 1.18. The lowest BCUT2D eigenvalue weighted by Crippen LogP contribution is -2.46. The number of carbonyl (C=O) groups is 3. The molecule has 0 aliphatic heterocycles. The first-order valence-corrected chi connectivity index (χ1v) is 11.6. The van der Waals surface area contributed by atoms with Crippen molar-refractivity contribution in [3.05, 3.63) is 71.8 Å². The van der Waals surface area contributed by atoms with Crippen molar-refractivity contribution in [3.63, 3.8) is 0 Å². The molecule has 0 unspecified atom stereocenters. The van der Waals surface area contributed by atoms with E-state index in [-0.39, 0.29) is 17.5 Å². The molecule has 33 heavy (non-hydrogen) atoms. The molecule has 3 rings (SSSR count). The standard InChI is InChI=1S/C22H24N2O8S/c1-14(25)24-18-12-17(13-30-33(23,28)29)19(31-21(26)15-8-4-2-5-9-15)20(18)32-22(27)16-10-6-3-7-11-16/h2-11,17-20H,12-13H2,1H3,(H,24,25)(H2,23,28,29)/t17-,18-,19-,20+/m1/s1. The zero-order chi connectivity index (χ0) is 24.0. The number of carbonyl (C=O) groups excluding carboxylic acids is 3. The van der Waals surface area contributed by atoms with E-state index in [0.717, 1.165) is 0 Å². The Labute approximate surface area is 191 Å². The van der Waals surface area contributed by atoms with Crippen molar-refractivity contribution >= 4 is 28.1 Å². The maximum atomic E-state index is 12.7. The van der Waals surface area contributed by atoms with Gasteiger partial charge in [0.15, 0.2) is 6.10 Å². The second-order valence-corrected chi connectivity index (χ2v) is 8.77. The Hall–Kier alpha value is -3.28. The first-order chi connectivity index (χ1) is 15.6. The zero-order valence-corrected chi connectivity index (χ0v) is 18.6. The number of amides is 1. The van der Waals surface area contributed by atoms with E-state index < -0.39 is 58.9 Å². The topological polar surface area (TPSA) is 151 Å².